The molecule has 0 amide bonds. The third-order valence-corrected chi connectivity index (χ3v) is 3.67. The summed E-state index contributed by atoms with van der Waals surface area (Å²) in [5, 5.41) is 5.02. The van der Waals surface area contributed by atoms with Crippen LogP contribution in [-0.2, 0) is 16.4 Å². The Labute approximate surface area is 101 Å². The van der Waals surface area contributed by atoms with Crippen molar-refractivity contribution in [2.45, 2.75) is 12.5 Å². The van der Waals surface area contributed by atoms with E-state index < -0.39 is 10.0 Å². The molecule has 1 unspecified atom stereocenters. The molecule has 1 aromatic carbocycles. The van der Waals surface area contributed by atoms with Gasteiger partial charge in [-0.15, -0.1) is 0 Å². The molecule has 1 aliphatic heterocycles. The Hall–Kier alpha value is -1.11. The van der Waals surface area contributed by atoms with Gasteiger partial charge in [-0.3, -0.25) is 0 Å². The van der Waals surface area contributed by atoms with Crippen molar-refractivity contribution >= 4 is 15.7 Å². The minimum Gasteiger partial charge on any atom is -0.369 e. The molecule has 0 bridgehead atoms. The highest BCUT2D eigenvalue weighted by atomic mass is 32.2. The predicted octanol–water partition coefficient (Wildman–Crippen LogP) is -0.335. The van der Waals surface area contributed by atoms with E-state index in [0.29, 0.717) is 13.1 Å². The molecular formula is C11H17N3O2S. The summed E-state index contributed by atoms with van der Waals surface area (Å²) < 4.78 is 22.0. The summed E-state index contributed by atoms with van der Waals surface area (Å²) in [5.74, 6) is -0.0476. The van der Waals surface area contributed by atoms with Gasteiger partial charge in [0.05, 0.1) is 5.75 Å². The van der Waals surface area contributed by atoms with Crippen LogP contribution in [0.2, 0.25) is 0 Å². The first-order valence-corrected chi connectivity index (χ1v) is 7.26. The Bertz CT molecular complexity index is 501. The third kappa shape index (κ3) is 3.18. The first-order chi connectivity index (χ1) is 7.96. The van der Waals surface area contributed by atoms with E-state index in [1.165, 1.54) is 5.56 Å². The Morgan fingerprint density at radius 2 is 2.06 bits per heavy atom. The zero-order chi connectivity index (χ0) is 12.5. The summed E-state index contributed by atoms with van der Waals surface area (Å²) >= 11 is 0. The monoisotopic (exact) mass is 255 g/mol. The van der Waals surface area contributed by atoms with E-state index in [-0.39, 0.29) is 11.8 Å². The molecule has 17 heavy (non-hydrogen) atoms. The fraction of sp³-hybridized carbons (Fsp3) is 0.455. The van der Waals surface area contributed by atoms with Crippen molar-refractivity contribution in [3.05, 3.63) is 29.8 Å². The highest BCUT2D eigenvalue weighted by Gasteiger charge is 2.22. The van der Waals surface area contributed by atoms with Crippen molar-refractivity contribution < 1.29 is 8.42 Å². The SMILES string of the molecule is NC1Cc2ccccc2N(CCS(N)(=O)=O)C1. The Kier molecular flexibility index (Phi) is 3.37. The highest BCUT2D eigenvalue weighted by Crippen LogP contribution is 2.25. The van der Waals surface area contributed by atoms with E-state index in [4.69, 9.17) is 10.9 Å². The van der Waals surface area contributed by atoms with Gasteiger partial charge in [0.2, 0.25) is 10.0 Å². The fourth-order valence-corrected chi connectivity index (χ4v) is 2.64. The van der Waals surface area contributed by atoms with Gasteiger partial charge < -0.3 is 10.6 Å². The average Bonchev–Trinajstić information content (AvgIpc) is 2.24. The van der Waals surface area contributed by atoms with E-state index in [9.17, 15) is 8.42 Å². The molecule has 0 spiro atoms. The van der Waals surface area contributed by atoms with Crippen LogP contribution >= 0.6 is 0 Å². The molecule has 0 radical (unpaired) electrons. The minimum absolute atomic E-state index is 0.0466. The van der Waals surface area contributed by atoms with Gasteiger partial charge in [-0.05, 0) is 18.1 Å². The topological polar surface area (TPSA) is 89.4 Å². The molecule has 0 saturated carbocycles. The van der Waals surface area contributed by atoms with E-state index in [1.807, 2.05) is 29.2 Å². The highest BCUT2D eigenvalue weighted by molar-refractivity contribution is 7.89. The standard InChI is InChI=1S/C11H17N3O2S/c12-10-7-9-3-1-2-4-11(9)14(8-10)5-6-17(13,15)16/h1-4,10H,5-8,12H2,(H2,13,15,16). The normalized spacial score (nSPS) is 20.1. The number of primary sulfonamides is 1. The molecule has 1 aliphatic rings. The number of fused-ring (bicyclic) bond motifs is 1. The van der Waals surface area contributed by atoms with Gasteiger partial charge in [-0.1, -0.05) is 18.2 Å². The Morgan fingerprint density at radius 1 is 1.35 bits per heavy atom. The second kappa shape index (κ2) is 4.64. The van der Waals surface area contributed by atoms with E-state index in [1.54, 1.807) is 0 Å². The molecule has 1 atom stereocenters. The summed E-state index contributed by atoms with van der Waals surface area (Å²) in [4.78, 5) is 1.99. The van der Waals surface area contributed by atoms with Gasteiger partial charge in [0.15, 0.2) is 0 Å². The molecule has 0 aliphatic carbocycles. The molecule has 0 aromatic heterocycles. The van der Waals surface area contributed by atoms with Gasteiger partial charge >= 0.3 is 0 Å². The smallest absolute Gasteiger partial charge is 0.210 e. The summed E-state index contributed by atoms with van der Waals surface area (Å²) in [6.45, 7) is 1.07. The van der Waals surface area contributed by atoms with Crippen molar-refractivity contribution in [2.24, 2.45) is 10.9 Å². The maximum Gasteiger partial charge on any atom is 0.210 e. The first kappa shape index (κ1) is 12.3. The maximum atomic E-state index is 11.0. The minimum atomic E-state index is -3.43. The van der Waals surface area contributed by atoms with Crippen molar-refractivity contribution in [3.63, 3.8) is 0 Å². The van der Waals surface area contributed by atoms with Crippen molar-refractivity contribution in [2.75, 3.05) is 23.7 Å². The molecule has 5 nitrogen and oxygen atoms in total. The van der Waals surface area contributed by atoms with Crippen molar-refractivity contribution in [1.29, 1.82) is 0 Å². The summed E-state index contributed by atoms with van der Waals surface area (Å²) in [6.07, 6.45) is 0.835. The summed E-state index contributed by atoms with van der Waals surface area (Å²) in [6, 6.07) is 7.97. The lowest BCUT2D eigenvalue weighted by Gasteiger charge is -2.34. The van der Waals surface area contributed by atoms with Crippen LogP contribution in [0.15, 0.2) is 24.3 Å². The van der Waals surface area contributed by atoms with Crippen LogP contribution in [0.25, 0.3) is 0 Å². The molecule has 94 valence electrons. The van der Waals surface area contributed by atoms with Crippen molar-refractivity contribution in [1.82, 2.24) is 0 Å². The number of para-hydroxylation sites is 1. The lowest BCUT2D eigenvalue weighted by atomic mass is 9.99. The molecule has 2 rings (SSSR count). The van der Waals surface area contributed by atoms with E-state index in [0.717, 1.165) is 12.1 Å². The number of hydrogen-bond donors (Lipinski definition) is 2. The van der Waals surface area contributed by atoms with E-state index in [2.05, 4.69) is 0 Å². The molecule has 0 saturated heterocycles. The number of nitrogens with two attached hydrogens (primary N) is 2. The summed E-state index contributed by atoms with van der Waals surface area (Å²) in [5.41, 5.74) is 8.19. The zero-order valence-corrected chi connectivity index (χ0v) is 10.4. The zero-order valence-electron chi connectivity index (χ0n) is 9.54. The number of benzene rings is 1. The van der Waals surface area contributed by atoms with Crippen LogP contribution in [0.3, 0.4) is 0 Å². The van der Waals surface area contributed by atoms with Crippen LogP contribution in [0, 0.1) is 0 Å². The number of sulfonamides is 1. The first-order valence-electron chi connectivity index (χ1n) is 5.54. The molecule has 1 aromatic rings. The molecule has 6 heteroatoms. The maximum absolute atomic E-state index is 11.0. The molecule has 4 N–H and O–H groups in total. The third-order valence-electron chi connectivity index (χ3n) is 2.92. The summed E-state index contributed by atoms with van der Waals surface area (Å²) in [7, 11) is -3.43. The van der Waals surface area contributed by atoms with Crippen LogP contribution in [0.4, 0.5) is 5.69 Å². The van der Waals surface area contributed by atoms with E-state index >= 15 is 0 Å². The van der Waals surface area contributed by atoms with Crippen LogP contribution < -0.4 is 15.8 Å². The quantitative estimate of drug-likeness (QED) is 0.773. The van der Waals surface area contributed by atoms with Crippen LogP contribution in [0.5, 0.6) is 0 Å². The van der Waals surface area contributed by atoms with Crippen molar-refractivity contribution in [3.8, 4) is 0 Å². The average molecular weight is 255 g/mol. The second-order valence-electron chi connectivity index (χ2n) is 4.41. The molecule has 1 heterocycles. The second-order valence-corrected chi connectivity index (χ2v) is 6.14. The Balaban J connectivity index is 2.18. The lowest BCUT2D eigenvalue weighted by molar-refractivity contribution is 0.585. The molecule has 0 fully saturated rings. The number of hydrogen-bond acceptors (Lipinski definition) is 4. The van der Waals surface area contributed by atoms with Gasteiger partial charge in [0, 0.05) is 24.8 Å². The van der Waals surface area contributed by atoms with Crippen LogP contribution in [0.1, 0.15) is 5.56 Å². The predicted molar refractivity (Wildman–Crippen MR) is 68.3 cm³/mol. The lowest BCUT2D eigenvalue weighted by Crippen LogP contribution is -2.45. The number of anilines is 1. The van der Waals surface area contributed by atoms with Gasteiger partial charge in [-0.25, -0.2) is 13.6 Å². The van der Waals surface area contributed by atoms with Gasteiger partial charge in [-0.2, -0.15) is 0 Å². The fourth-order valence-electron chi connectivity index (χ4n) is 2.17. The van der Waals surface area contributed by atoms with Gasteiger partial charge in [0.25, 0.3) is 0 Å². The number of rotatable bonds is 3. The van der Waals surface area contributed by atoms with Crippen LogP contribution in [-0.4, -0.2) is 33.3 Å². The largest absolute Gasteiger partial charge is 0.369 e. The molecular weight excluding hydrogens is 238 g/mol. The van der Waals surface area contributed by atoms with Gasteiger partial charge in [0.1, 0.15) is 0 Å². The number of nitrogens with zero attached hydrogens (tertiary/aromatic N) is 1. The Morgan fingerprint density at radius 3 is 2.76 bits per heavy atom.